The Kier molecular flexibility index (Phi) is 4.64. The quantitative estimate of drug-likeness (QED) is 0.399. The zero-order valence-corrected chi connectivity index (χ0v) is 11.1. The highest BCUT2D eigenvalue weighted by Gasteiger charge is 2.13. The van der Waals surface area contributed by atoms with Crippen LogP contribution in [-0.4, -0.2) is 23.9 Å². The number of rotatable bonds is 3. The van der Waals surface area contributed by atoms with E-state index in [2.05, 4.69) is 21.1 Å². The van der Waals surface area contributed by atoms with Gasteiger partial charge in [-0.2, -0.15) is 0 Å². The molecule has 0 aromatic carbocycles. The van der Waals surface area contributed by atoms with Gasteiger partial charge in [-0.25, -0.2) is 0 Å². The minimum absolute atomic E-state index is 0.962. The SMILES string of the molecule is CSc1sc(SC)c(C=NO)c1Br. The molecule has 72 valence electrons. The summed E-state index contributed by atoms with van der Waals surface area (Å²) in [6.07, 6.45) is 5.50. The van der Waals surface area contributed by atoms with Crippen molar-refractivity contribution in [2.75, 3.05) is 12.5 Å². The molecule has 1 rings (SSSR count). The highest BCUT2D eigenvalue weighted by Crippen LogP contribution is 2.42. The molecule has 0 radical (unpaired) electrons. The number of oxime groups is 1. The molecule has 1 aromatic heterocycles. The molecular formula is C7H8BrNOS3. The van der Waals surface area contributed by atoms with Gasteiger partial charge in [-0.05, 0) is 28.4 Å². The molecule has 13 heavy (non-hydrogen) atoms. The number of hydrogen-bond acceptors (Lipinski definition) is 5. The van der Waals surface area contributed by atoms with Gasteiger partial charge in [0.2, 0.25) is 0 Å². The normalized spacial score (nSPS) is 11.3. The van der Waals surface area contributed by atoms with Crippen molar-refractivity contribution in [2.24, 2.45) is 5.16 Å². The second-order valence-electron chi connectivity index (χ2n) is 2.06. The first-order chi connectivity index (χ1) is 6.24. The summed E-state index contributed by atoms with van der Waals surface area (Å²) < 4.78 is 3.39. The summed E-state index contributed by atoms with van der Waals surface area (Å²) in [4.78, 5) is 0. The Morgan fingerprint density at radius 1 is 1.38 bits per heavy atom. The standard InChI is InChI=1S/C7H8BrNOS3/c1-11-6-4(3-9-10)5(8)7(12-2)13-6/h3,10H,1-2H3. The van der Waals surface area contributed by atoms with Crippen molar-refractivity contribution in [1.29, 1.82) is 0 Å². The molecule has 1 heterocycles. The number of hydrogen-bond donors (Lipinski definition) is 1. The highest BCUT2D eigenvalue weighted by atomic mass is 79.9. The number of thioether (sulfide) groups is 2. The predicted molar refractivity (Wildman–Crippen MR) is 65.0 cm³/mol. The van der Waals surface area contributed by atoms with E-state index in [4.69, 9.17) is 5.21 Å². The summed E-state index contributed by atoms with van der Waals surface area (Å²) in [6.45, 7) is 0. The van der Waals surface area contributed by atoms with Crippen molar-refractivity contribution >= 4 is 57.0 Å². The van der Waals surface area contributed by atoms with Gasteiger partial charge in [0.05, 0.1) is 19.1 Å². The van der Waals surface area contributed by atoms with Crippen LogP contribution in [0.25, 0.3) is 0 Å². The van der Waals surface area contributed by atoms with E-state index in [1.807, 2.05) is 12.5 Å². The Bertz CT molecular complexity index is 324. The molecule has 1 N–H and O–H groups in total. The molecule has 2 nitrogen and oxygen atoms in total. The average Bonchev–Trinajstić information content (AvgIpc) is 2.45. The molecule has 0 aliphatic rings. The molecule has 0 saturated heterocycles. The molecule has 0 unspecified atom stereocenters. The van der Waals surface area contributed by atoms with E-state index in [1.54, 1.807) is 34.9 Å². The van der Waals surface area contributed by atoms with Gasteiger partial charge < -0.3 is 5.21 Å². The Hall–Kier alpha value is 0.350. The minimum Gasteiger partial charge on any atom is -0.411 e. The zero-order valence-electron chi connectivity index (χ0n) is 7.07. The molecule has 0 aliphatic carbocycles. The van der Waals surface area contributed by atoms with Gasteiger partial charge in [-0.15, -0.1) is 34.9 Å². The van der Waals surface area contributed by atoms with E-state index in [0.717, 1.165) is 14.2 Å². The lowest BCUT2D eigenvalue weighted by atomic mass is 10.4. The maximum Gasteiger partial charge on any atom is 0.0765 e. The third kappa shape index (κ3) is 2.43. The number of halogens is 1. The minimum atomic E-state index is 0.962. The molecule has 0 aliphatic heterocycles. The maximum atomic E-state index is 8.48. The first kappa shape index (κ1) is 11.4. The van der Waals surface area contributed by atoms with Crippen LogP contribution in [0, 0.1) is 0 Å². The van der Waals surface area contributed by atoms with E-state index >= 15 is 0 Å². The van der Waals surface area contributed by atoms with Crippen LogP contribution in [0.15, 0.2) is 18.0 Å². The van der Waals surface area contributed by atoms with E-state index in [-0.39, 0.29) is 0 Å². The lowest BCUT2D eigenvalue weighted by molar-refractivity contribution is 0.322. The fourth-order valence-corrected chi connectivity index (χ4v) is 4.75. The topological polar surface area (TPSA) is 32.6 Å². The van der Waals surface area contributed by atoms with E-state index in [1.165, 1.54) is 10.4 Å². The van der Waals surface area contributed by atoms with Crippen molar-refractivity contribution in [2.45, 2.75) is 8.42 Å². The average molecular weight is 298 g/mol. The summed E-state index contributed by atoms with van der Waals surface area (Å²) >= 11 is 8.53. The van der Waals surface area contributed by atoms with Gasteiger partial charge in [-0.3, -0.25) is 0 Å². The number of thiophene rings is 1. The van der Waals surface area contributed by atoms with Gasteiger partial charge in [0.1, 0.15) is 0 Å². The third-order valence-electron chi connectivity index (χ3n) is 1.38. The Morgan fingerprint density at radius 3 is 2.46 bits per heavy atom. The van der Waals surface area contributed by atoms with Crippen LogP contribution in [0.4, 0.5) is 0 Å². The molecule has 1 aromatic rings. The van der Waals surface area contributed by atoms with E-state index < -0.39 is 0 Å². The largest absolute Gasteiger partial charge is 0.411 e. The van der Waals surface area contributed by atoms with Gasteiger partial charge in [-0.1, -0.05) is 5.16 Å². The second-order valence-corrected chi connectivity index (χ2v) is 6.02. The third-order valence-corrected chi connectivity index (χ3v) is 6.19. The van der Waals surface area contributed by atoms with E-state index in [9.17, 15) is 0 Å². The van der Waals surface area contributed by atoms with Crippen LogP contribution in [0.1, 0.15) is 5.56 Å². The molecular weight excluding hydrogens is 290 g/mol. The number of nitrogens with zero attached hydrogens (tertiary/aromatic N) is 1. The van der Waals surface area contributed by atoms with Crippen LogP contribution < -0.4 is 0 Å². The molecule has 0 saturated carbocycles. The van der Waals surface area contributed by atoms with Crippen molar-refractivity contribution in [3.63, 3.8) is 0 Å². The summed E-state index contributed by atoms with van der Waals surface area (Å²) in [5.41, 5.74) is 0.962. The van der Waals surface area contributed by atoms with Crippen molar-refractivity contribution < 1.29 is 5.21 Å². The first-order valence-corrected chi connectivity index (χ1v) is 7.38. The fourth-order valence-electron chi connectivity index (χ4n) is 0.834. The fraction of sp³-hybridized carbons (Fsp3) is 0.286. The van der Waals surface area contributed by atoms with Crippen molar-refractivity contribution in [3.8, 4) is 0 Å². The summed E-state index contributed by atoms with van der Waals surface area (Å²) in [5.74, 6) is 0. The lowest BCUT2D eigenvalue weighted by Crippen LogP contribution is -1.80. The molecule has 0 atom stereocenters. The Balaban J connectivity index is 3.20. The van der Waals surface area contributed by atoms with Crippen LogP contribution in [0.5, 0.6) is 0 Å². The van der Waals surface area contributed by atoms with Crippen LogP contribution >= 0.6 is 50.8 Å². The summed E-state index contributed by atoms with van der Waals surface area (Å²) in [5, 5.41) is 11.5. The highest BCUT2D eigenvalue weighted by molar-refractivity contribution is 9.10. The summed E-state index contributed by atoms with van der Waals surface area (Å²) in [7, 11) is 0. The maximum absolute atomic E-state index is 8.48. The van der Waals surface area contributed by atoms with Crippen LogP contribution in [0.3, 0.4) is 0 Å². The van der Waals surface area contributed by atoms with Crippen molar-refractivity contribution in [3.05, 3.63) is 10.0 Å². The monoisotopic (exact) mass is 297 g/mol. The van der Waals surface area contributed by atoms with Gasteiger partial charge >= 0.3 is 0 Å². The Labute approximate surface area is 97.9 Å². The second kappa shape index (κ2) is 5.29. The smallest absolute Gasteiger partial charge is 0.0765 e. The molecule has 0 amide bonds. The molecule has 0 fully saturated rings. The van der Waals surface area contributed by atoms with Gasteiger partial charge in [0.25, 0.3) is 0 Å². The van der Waals surface area contributed by atoms with Crippen LogP contribution in [0.2, 0.25) is 0 Å². The van der Waals surface area contributed by atoms with Gasteiger partial charge in [0.15, 0.2) is 0 Å². The van der Waals surface area contributed by atoms with Gasteiger partial charge in [0, 0.05) is 5.56 Å². The van der Waals surface area contributed by atoms with Crippen molar-refractivity contribution in [1.82, 2.24) is 0 Å². The van der Waals surface area contributed by atoms with E-state index in [0.29, 0.717) is 0 Å². The lowest BCUT2D eigenvalue weighted by Gasteiger charge is -1.92. The molecule has 0 spiro atoms. The predicted octanol–water partition coefficient (Wildman–Crippen LogP) is 3.76. The zero-order chi connectivity index (χ0) is 9.84. The van der Waals surface area contributed by atoms with Crippen LogP contribution in [-0.2, 0) is 0 Å². The first-order valence-electron chi connectivity index (χ1n) is 3.32. The summed E-state index contributed by atoms with van der Waals surface area (Å²) in [6, 6.07) is 0. The molecule has 6 heteroatoms. The molecule has 0 bridgehead atoms. The Morgan fingerprint density at radius 2 is 2.00 bits per heavy atom.